The highest BCUT2D eigenvalue weighted by atomic mass is 32.2. The lowest BCUT2D eigenvalue weighted by atomic mass is 10.1. The molecule has 3 aliphatic heterocycles. The minimum absolute atomic E-state index is 0.0306. The average molecular weight is 403 g/mol. The zero-order valence-corrected chi connectivity index (χ0v) is 15.5. The fraction of sp³-hybridized carbons (Fsp3) is 0.353. The smallest absolute Gasteiger partial charge is 0.264 e. The summed E-state index contributed by atoms with van der Waals surface area (Å²) in [6.45, 7) is 1.09. The van der Waals surface area contributed by atoms with Gasteiger partial charge in [-0.3, -0.25) is 9.59 Å². The molecule has 11 heteroatoms. The number of nitrogens with zero attached hydrogens (tertiary/aromatic N) is 4. The van der Waals surface area contributed by atoms with Crippen molar-refractivity contribution in [3.8, 4) is 11.5 Å². The maximum absolute atomic E-state index is 12.2. The van der Waals surface area contributed by atoms with Crippen molar-refractivity contribution in [2.75, 3.05) is 37.4 Å². The molecule has 3 heterocycles. The molecule has 0 saturated heterocycles. The molecule has 3 aliphatic rings. The van der Waals surface area contributed by atoms with E-state index in [1.54, 1.807) is 18.2 Å². The lowest BCUT2D eigenvalue weighted by Gasteiger charge is -2.19. The number of hydrogen-bond donors (Lipinski definition) is 2. The van der Waals surface area contributed by atoms with Crippen molar-refractivity contribution in [3.05, 3.63) is 18.2 Å². The summed E-state index contributed by atoms with van der Waals surface area (Å²) in [5, 5.41) is 17.6. The van der Waals surface area contributed by atoms with Crippen molar-refractivity contribution >= 4 is 46.5 Å². The summed E-state index contributed by atoms with van der Waals surface area (Å²) in [5.74, 6) is 0.402. The Balaban J connectivity index is 1.36. The van der Waals surface area contributed by atoms with E-state index in [4.69, 9.17) is 14.6 Å². The van der Waals surface area contributed by atoms with Gasteiger partial charge in [-0.25, -0.2) is 10.0 Å². The Kier molecular flexibility index (Phi) is 5.26. The summed E-state index contributed by atoms with van der Waals surface area (Å²) in [4.78, 5) is 32.6. The number of rotatable bonds is 5. The van der Waals surface area contributed by atoms with Crippen LogP contribution in [0.2, 0.25) is 0 Å². The number of nitrogens with one attached hydrogen (secondary N) is 1. The summed E-state index contributed by atoms with van der Waals surface area (Å²) >= 11 is 1.06. The second-order valence-electron chi connectivity index (χ2n) is 5.99. The summed E-state index contributed by atoms with van der Waals surface area (Å²) < 4.78 is 10.9. The molecule has 0 aromatic heterocycles. The number of benzene rings is 1. The fourth-order valence-electron chi connectivity index (χ4n) is 2.80. The third kappa shape index (κ3) is 3.85. The first-order valence-corrected chi connectivity index (χ1v) is 9.58. The van der Waals surface area contributed by atoms with Crippen molar-refractivity contribution in [3.63, 3.8) is 0 Å². The van der Waals surface area contributed by atoms with Crippen molar-refractivity contribution in [1.29, 1.82) is 0 Å². The van der Waals surface area contributed by atoms with Gasteiger partial charge in [0.2, 0.25) is 5.91 Å². The first kappa shape index (κ1) is 18.4. The van der Waals surface area contributed by atoms with E-state index in [9.17, 15) is 9.59 Å². The van der Waals surface area contributed by atoms with Crippen LogP contribution in [-0.2, 0) is 9.59 Å². The molecule has 2 amide bonds. The SMILES string of the molecule is O=C(CSC1=NC(=O)C2C=NN(CCO)C2=N1)Nc1ccc2c(c1)OCCO2. The molecule has 28 heavy (non-hydrogen) atoms. The molecule has 1 atom stereocenters. The number of aliphatic imine (C=N–C) groups is 2. The van der Waals surface area contributed by atoms with Gasteiger partial charge in [0.1, 0.15) is 25.0 Å². The number of aliphatic hydroxyl groups excluding tert-OH is 1. The Labute approximate surface area is 164 Å². The number of carbonyl (C=O) groups excluding carboxylic acids is 2. The molecule has 2 N–H and O–H groups in total. The Hall–Kier alpha value is -2.92. The Morgan fingerprint density at radius 1 is 1.29 bits per heavy atom. The summed E-state index contributed by atoms with van der Waals surface area (Å²) in [6.07, 6.45) is 1.45. The molecule has 0 fully saturated rings. The molecule has 1 aromatic rings. The highest BCUT2D eigenvalue weighted by molar-refractivity contribution is 8.14. The van der Waals surface area contributed by atoms with Crippen LogP contribution in [0, 0.1) is 5.92 Å². The van der Waals surface area contributed by atoms with Crippen LogP contribution >= 0.6 is 11.8 Å². The predicted octanol–water partition coefficient (Wildman–Crippen LogP) is 0.334. The number of hydrogen-bond acceptors (Lipinski definition) is 9. The molecular formula is C17H17N5O5S. The molecule has 0 spiro atoms. The number of anilines is 1. The number of ether oxygens (including phenoxy) is 2. The van der Waals surface area contributed by atoms with Crippen LogP contribution in [0.4, 0.5) is 5.69 Å². The lowest BCUT2D eigenvalue weighted by Crippen LogP contribution is -2.35. The topological polar surface area (TPSA) is 125 Å². The van der Waals surface area contributed by atoms with Crippen LogP contribution in [-0.4, -0.2) is 71.3 Å². The Bertz CT molecular complexity index is 900. The van der Waals surface area contributed by atoms with E-state index in [1.165, 1.54) is 11.2 Å². The number of fused-ring (bicyclic) bond motifs is 2. The van der Waals surface area contributed by atoms with E-state index >= 15 is 0 Å². The largest absolute Gasteiger partial charge is 0.486 e. The van der Waals surface area contributed by atoms with Crippen molar-refractivity contribution < 1.29 is 24.2 Å². The zero-order valence-electron chi connectivity index (χ0n) is 14.7. The molecule has 0 saturated carbocycles. The lowest BCUT2D eigenvalue weighted by molar-refractivity contribution is -0.118. The highest BCUT2D eigenvalue weighted by Crippen LogP contribution is 2.32. The Morgan fingerprint density at radius 3 is 2.93 bits per heavy atom. The molecule has 4 rings (SSSR count). The molecule has 10 nitrogen and oxygen atoms in total. The quantitative estimate of drug-likeness (QED) is 0.726. The van der Waals surface area contributed by atoms with E-state index in [2.05, 4.69) is 20.4 Å². The number of amidine groups is 2. The molecule has 146 valence electrons. The summed E-state index contributed by atoms with van der Waals surface area (Å²) in [7, 11) is 0. The predicted molar refractivity (Wildman–Crippen MR) is 104 cm³/mol. The first-order valence-electron chi connectivity index (χ1n) is 8.60. The Morgan fingerprint density at radius 2 is 2.11 bits per heavy atom. The van der Waals surface area contributed by atoms with E-state index < -0.39 is 5.92 Å². The number of thioether (sulfide) groups is 1. The highest BCUT2D eigenvalue weighted by Gasteiger charge is 2.35. The van der Waals surface area contributed by atoms with E-state index in [0.29, 0.717) is 36.2 Å². The maximum atomic E-state index is 12.2. The third-order valence-corrected chi connectivity index (χ3v) is 4.90. The van der Waals surface area contributed by atoms with Gasteiger partial charge in [-0.1, -0.05) is 11.8 Å². The van der Waals surface area contributed by atoms with Gasteiger partial charge >= 0.3 is 0 Å². The fourth-order valence-corrected chi connectivity index (χ4v) is 3.45. The second kappa shape index (κ2) is 7.98. The van der Waals surface area contributed by atoms with Gasteiger partial charge in [0, 0.05) is 18.0 Å². The standard InChI is InChI=1S/C17H17N5O5S/c23-4-3-22-15-11(8-18-22)16(25)21-17(20-15)28-9-14(24)19-10-1-2-12-13(7-10)27-6-5-26-12/h1-2,7-8,11,23H,3-6,9H2,(H,19,24). The third-order valence-electron chi connectivity index (χ3n) is 4.05. The van der Waals surface area contributed by atoms with Gasteiger partial charge in [-0.05, 0) is 12.1 Å². The van der Waals surface area contributed by atoms with Crippen molar-refractivity contribution in [2.45, 2.75) is 0 Å². The van der Waals surface area contributed by atoms with Gasteiger partial charge < -0.3 is 19.9 Å². The average Bonchev–Trinajstić information content (AvgIpc) is 3.10. The number of amides is 2. The van der Waals surface area contributed by atoms with Gasteiger partial charge in [-0.15, -0.1) is 0 Å². The maximum Gasteiger partial charge on any atom is 0.264 e. The number of aliphatic hydroxyl groups is 1. The van der Waals surface area contributed by atoms with Crippen LogP contribution < -0.4 is 14.8 Å². The number of carbonyl (C=O) groups is 2. The molecule has 1 unspecified atom stereocenters. The molecule has 0 bridgehead atoms. The normalized spacial score (nSPS) is 19.8. The summed E-state index contributed by atoms with van der Waals surface area (Å²) in [5.41, 5.74) is 0.584. The minimum atomic E-state index is -0.623. The first-order chi connectivity index (χ1) is 13.6. The minimum Gasteiger partial charge on any atom is -0.486 e. The number of β-amino-alcohol motifs (C(OH)–C–C–N with tert-alkyl or cyclic N) is 1. The van der Waals surface area contributed by atoms with Gasteiger partial charge in [0.15, 0.2) is 16.7 Å². The van der Waals surface area contributed by atoms with Crippen LogP contribution in [0.25, 0.3) is 0 Å². The summed E-state index contributed by atoms with van der Waals surface area (Å²) in [6, 6.07) is 5.17. The van der Waals surface area contributed by atoms with Gasteiger partial charge in [0.25, 0.3) is 5.91 Å². The zero-order chi connectivity index (χ0) is 19.5. The van der Waals surface area contributed by atoms with E-state index in [0.717, 1.165) is 11.8 Å². The molecule has 0 radical (unpaired) electrons. The molecule has 0 aliphatic carbocycles. The van der Waals surface area contributed by atoms with Gasteiger partial charge in [-0.2, -0.15) is 10.1 Å². The molecule has 1 aromatic carbocycles. The van der Waals surface area contributed by atoms with E-state index in [-0.39, 0.29) is 35.9 Å². The second-order valence-corrected chi connectivity index (χ2v) is 6.93. The molecular weight excluding hydrogens is 386 g/mol. The monoisotopic (exact) mass is 403 g/mol. The van der Waals surface area contributed by atoms with Crippen LogP contribution in [0.1, 0.15) is 0 Å². The van der Waals surface area contributed by atoms with Crippen molar-refractivity contribution in [2.24, 2.45) is 21.0 Å². The van der Waals surface area contributed by atoms with Crippen molar-refractivity contribution in [1.82, 2.24) is 5.01 Å². The van der Waals surface area contributed by atoms with Gasteiger partial charge in [0.05, 0.1) is 18.9 Å². The number of hydrazone groups is 1. The van der Waals surface area contributed by atoms with Crippen LogP contribution in [0.15, 0.2) is 33.3 Å². The van der Waals surface area contributed by atoms with Crippen LogP contribution in [0.5, 0.6) is 11.5 Å². The van der Waals surface area contributed by atoms with Crippen LogP contribution in [0.3, 0.4) is 0 Å². The van der Waals surface area contributed by atoms with E-state index in [1.807, 2.05) is 0 Å².